The quantitative estimate of drug-likeness (QED) is 0.565. The Balaban J connectivity index is 2.95. The zero-order valence-electron chi connectivity index (χ0n) is 12.5. The molecule has 0 radical (unpaired) electrons. The SMILES string of the molecule is C=CC(OC(C)=O)c1ccc(OCC(C)C)c(OC)c1. The summed E-state index contributed by atoms with van der Waals surface area (Å²) in [7, 11) is 1.58. The lowest BCUT2D eigenvalue weighted by Crippen LogP contribution is -2.08. The third kappa shape index (κ3) is 4.61. The minimum atomic E-state index is -0.486. The molecule has 0 N–H and O–H groups in total. The fourth-order valence-electron chi connectivity index (χ4n) is 1.67. The van der Waals surface area contributed by atoms with Crippen LogP contribution in [0.4, 0.5) is 0 Å². The number of rotatable bonds is 7. The first-order chi connectivity index (χ1) is 9.47. The van der Waals surface area contributed by atoms with Crippen LogP contribution in [0, 0.1) is 5.92 Å². The van der Waals surface area contributed by atoms with Gasteiger partial charge in [0.2, 0.25) is 0 Å². The molecule has 0 bridgehead atoms. The second-order valence-corrected chi connectivity index (χ2v) is 4.88. The summed E-state index contributed by atoms with van der Waals surface area (Å²) in [5, 5.41) is 0. The van der Waals surface area contributed by atoms with Gasteiger partial charge in [-0.1, -0.05) is 26.5 Å². The van der Waals surface area contributed by atoms with Crippen molar-refractivity contribution in [3.05, 3.63) is 36.4 Å². The first-order valence-corrected chi connectivity index (χ1v) is 6.58. The Kier molecular flexibility index (Phi) is 6.10. The number of hydrogen-bond acceptors (Lipinski definition) is 4. The van der Waals surface area contributed by atoms with Crippen LogP contribution in [0.3, 0.4) is 0 Å². The van der Waals surface area contributed by atoms with Gasteiger partial charge in [0, 0.05) is 12.5 Å². The van der Waals surface area contributed by atoms with E-state index < -0.39 is 6.10 Å². The van der Waals surface area contributed by atoms with Gasteiger partial charge in [-0.25, -0.2) is 0 Å². The van der Waals surface area contributed by atoms with Crippen molar-refractivity contribution < 1.29 is 19.0 Å². The van der Waals surface area contributed by atoms with Crippen molar-refractivity contribution in [3.63, 3.8) is 0 Å². The van der Waals surface area contributed by atoms with E-state index >= 15 is 0 Å². The molecule has 110 valence electrons. The van der Waals surface area contributed by atoms with Crippen LogP contribution in [0.5, 0.6) is 11.5 Å². The molecule has 1 aromatic carbocycles. The van der Waals surface area contributed by atoms with Crippen molar-refractivity contribution in [2.75, 3.05) is 13.7 Å². The Hall–Kier alpha value is -1.97. The van der Waals surface area contributed by atoms with Gasteiger partial charge in [-0.15, -0.1) is 0 Å². The summed E-state index contributed by atoms with van der Waals surface area (Å²) in [6.07, 6.45) is 1.09. The first kappa shape index (κ1) is 16.1. The molecule has 0 aliphatic carbocycles. The van der Waals surface area contributed by atoms with Gasteiger partial charge in [-0.3, -0.25) is 4.79 Å². The highest BCUT2D eigenvalue weighted by atomic mass is 16.5. The number of benzene rings is 1. The molecule has 1 unspecified atom stereocenters. The van der Waals surface area contributed by atoms with E-state index in [1.165, 1.54) is 6.92 Å². The molecule has 1 rings (SSSR count). The van der Waals surface area contributed by atoms with Crippen LogP contribution >= 0.6 is 0 Å². The van der Waals surface area contributed by atoms with Gasteiger partial charge in [0.05, 0.1) is 13.7 Å². The molecule has 0 aliphatic heterocycles. The molecular weight excluding hydrogens is 256 g/mol. The van der Waals surface area contributed by atoms with Gasteiger partial charge in [0.25, 0.3) is 0 Å². The molecule has 0 spiro atoms. The van der Waals surface area contributed by atoms with Crippen molar-refractivity contribution >= 4 is 5.97 Å². The van der Waals surface area contributed by atoms with Gasteiger partial charge in [0.15, 0.2) is 11.5 Å². The van der Waals surface area contributed by atoms with Crippen LogP contribution < -0.4 is 9.47 Å². The van der Waals surface area contributed by atoms with Crippen molar-refractivity contribution in [2.24, 2.45) is 5.92 Å². The Morgan fingerprint density at radius 3 is 2.55 bits per heavy atom. The van der Waals surface area contributed by atoms with E-state index in [0.717, 1.165) is 5.56 Å². The molecule has 0 aromatic heterocycles. The van der Waals surface area contributed by atoms with Gasteiger partial charge in [0.1, 0.15) is 6.10 Å². The lowest BCUT2D eigenvalue weighted by atomic mass is 10.1. The van der Waals surface area contributed by atoms with E-state index in [-0.39, 0.29) is 5.97 Å². The highest BCUT2D eigenvalue weighted by molar-refractivity contribution is 5.66. The van der Waals surface area contributed by atoms with Crippen LogP contribution in [0.2, 0.25) is 0 Å². The second kappa shape index (κ2) is 7.58. The van der Waals surface area contributed by atoms with Crippen LogP contribution in [0.25, 0.3) is 0 Å². The number of carbonyl (C=O) groups excluding carboxylic acids is 1. The maximum atomic E-state index is 11.1. The standard InChI is InChI=1S/C16H22O4/c1-6-14(20-12(4)17)13-7-8-15(16(9-13)18-5)19-10-11(2)3/h6-9,11,14H,1,10H2,2-5H3. The van der Waals surface area contributed by atoms with E-state index in [0.29, 0.717) is 24.0 Å². The van der Waals surface area contributed by atoms with Gasteiger partial charge < -0.3 is 14.2 Å². The smallest absolute Gasteiger partial charge is 0.303 e. The minimum Gasteiger partial charge on any atom is -0.493 e. The van der Waals surface area contributed by atoms with Crippen LogP contribution in [-0.4, -0.2) is 19.7 Å². The lowest BCUT2D eigenvalue weighted by Gasteiger charge is -2.17. The average molecular weight is 278 g/mol. The summed E-state index contributed by atoms with van der Waals surface area (Å²) in [6.45, 7) is 9.82. The summed E-state index contributed by atoms with van der Waals surface area (Å²) in [5.74, 6) is 1.37. The third-order valence-electron chi connectivity index (χ3n) is 2.60. The number of methoxy groups -OCH3 is 1. The van der Waals surface area contributed by atoms with Crippen LogP contribution in [0.15, 0.2) is 30.9 Å². The number of carbonyl (C=O) groups is 1. The minimum absolute atomic E-state index is 0.353. The van der Waals surface area contributed by atoms with Gasteiger partial charge in [-0.2, -0.15) is 0 Å². The molecule has 4 heteroatoms. The zero-order chi connectivity index (χ0) is 15.1. The van der Waals surface area contributed by atoms with E-state index in [9.17, 15) is 4.79 Å². The Morgan fingerprint density at radius 2 is 2.05 bits per heavy atom. The fourth-order valence-corrected chi connectivity index (χ4v) is 1.67. The highest BCUT2D eigenvalue weighted by Crippen LogP contribution is 2.32. The number of hydrogen-bond donors (Lipinski definition) is 0. The Morgan fingerprint density at radius 1 is 1.35 bits per heavy atom. The van der Waals surface area contributed by atoms with Crippen molar-refractivity contribution in [1.29, 1.82) is 0 Å². The maximum absolute atomic E-state index is 11.1. The molecular formula is C16H22O4. The Labute approximate surface area is 120 Å². The van der Waals surface area contributed by atoms with E-state index in [2.05, 4.69) is 20.4 Å². The van der Waals surface area contributed by atoms with Crippen molar-refractivity contribution in [2.45, 2.75) is 26.9 Å². The molecule has 20 heavy (non-hydrogen) atoms. The van der Waals surface area contributed by atoms with Gasteiger partial charge in [-0.05, 0) is 24.1 Å². The second-order valence-electron chi connectivity index (χ2n) is 4.88. The van der Waals surface area contributed by atoms with Crippen molar-refractivity contribution in [1.82, 2.24) is 0 Å². The summed E-state index contributed by atoms with van der Waals surface area (Å²) in [5.41, 5.74) is 0.795. The van der Waals surface area contributed by atoms with Crippen molar-refractivity contribution in [3.8, 4) is 11.5 Å². The predicted octanol–water partition coefficient (Wildman–Crippen LogP) is 3.52. The van der Waals surface area contributed by atoms with E-state index in [1.54, 1.807) is 19.3 Å². The largest absolute Gasteiger partial charge is 0.493 e. The lowest BCUT2D eigenvalue weighted by molar-refractivity contribution is -0.144. The maximum Gasteiger partial charge on any atom is 0.303 e. The van der Waals surface area contributed by atoms with Crippen LogP contribution in [0.1, 0.15) is 32.4 Å². The number of esters is 1. The molecule has 0 amide bonds. The topological polar surface area (TPSA) is 44.8 Å². The van der Waals surface area contributed by atoms with Gasteiger partial charge >= 0.3 is 5.97 Å². The van der Waals surface area contributed by atoms with Crippen LogP contribution in [-0.2, 0) is 9.53 Å². The summed E-state index contributed by atoms with van der Waals surface area (Å²) in [6, 6.07) is 5.45. The third-order valence-corrected chi connectivity index (χ3v) is 2.60. The molecule has 0 saturated carbocycles. The molecule has 0 saturated heterocycles. The molecule has 4 nitrogen and oxygen atoms in total. The molecule has 0 aliphatic rings. The predicted molar refractivity (Wildman–Crippen MR) is 78.0 cm³/mol. The number of ether oxygens (including phenoxy) is 3. The normalized spacial score (nSPS) is 11.8. The first-order valence-electron chi connectivity index (χ1n) is 6.58. The molecule has 1 atom stereocenters. The van der Waals surface area contributed by atoms with E-state index in [4.69, 9.17) is 14.2 Å². The molecule has 0 heterocycles. The average Bonchev–Trinajstić information content (AvgIpc) is 2.42. The summed E-state index contributed by atoms with van der Waals surface area (Å²) >= 11 is 0. The zero-order valence-corrected chi connectivity index (χ0v) is 12.5. The molecule has 0 fully saturated rings. The fraction of sp³-hybridized carbons (Fsp3) is 0.438. The summed E-state index contributed by atoms with van der Waals surface area (Å²) < 4.78 is 16.2. The van der Waals surface area contributed by atoms with E-state index in [1.807, 2.05) is 12.1 Å². The monoisotopic (exact) mass is 278 g/mol. The molecule has 1 aromatic rings. The summed E-state index contributed by atoms with van der Waals surface area (Å²) in [4.78, 5) is 11.1. The Bertz CT molecular complexity index is 466. The highest BCUT2D eigenvalue weighted by Gasteiger charge is 2.14.